The highest BCUT2D eigenvalue weighted by Crippen LogP contribution is 2.36. The molecule has 1 fully saturated rings. The average molecular weight is 417 g/mol. The van der Waals surface area contributed by atoms with Gasteiger partial charge in [-0.15, -0.1) is 11.3 Å². The maximum atomic E-state index is 13.5. The first-order chi connectivity index (χ1) is 13.2. The SMILES string of the molecule is CC(=O)Nc1ncc(CN2CC(Cc3ncc(F)cn3)CC[C@H]2C(F)(F)F)s1. The molecule has 1 amide bonds. The minimum atomic E-state index is -4.33. The van der Waals surface area contributed by atoms with Gasteiger partial charge in [0, 0.05) is 37.5 Å². The van der Waals surface area contributed by atoms with Crippen LogP contribution in [0.1, 0.15) is 30.5 Å². The van der Waals surface area contributed by atoms with Crippen LogP contribution in [0.25, 0.3) is 0 Å². The Morgan fingerprint density at radius 1 is 1.25 bits per heavy atom. The summed E-state index contributed by atoms with van der Waals surface area (Å²) in [6, 6.07) is -1.54. The van der Waals surface area contributed by atoms with Crippen LogP contribution in [0.15, 0.2) is 18.6 Å². The van der Waals surface area contributed by atoms with E-state index in [1.165, 1.54) is 18.0 Å². The summed E-state index contributed by atoms with van der Waals surface area (Å²) in [6.07, 6.45) is 0.0261. The van der Waals surface area contributed by atoms with Gasteiger partial charge in [-0.2, -0.15) is 13.2 Å². The molecule has 6 nitrogen and oxygen atoms in total. The number of likely N-dealkylation sites (tertiary alicyclic amines) is 1. The summed E-state index contributed by atoms with van der Waals surface area (Å²) in [5, 5.41) is 2.89. The van der Waals surface area contributed by atoms with Gasteiger partial charge in [0.2, 0.25) is 5.91 Å². The van der Waals surface area contributed by atoms with Gasteiger partial charge < -0.3 is 5.32 Å². The van der Waals surface area contributed by atoms with E-state index in [0.29, 0.717) is 28.7 Å². The molecule has 0 saturated carbocycles. The highest BCUT2D eigenvalue weighted by molar-refractivity contribution is 7.15. The number of piperidine rings is 1. The first-order valence-electron chi connectivity index (χ1n) is 8.70. The van der Waals surface area contributed by atoms with E-state index < -0.39 is 18.0 Å². The van der Waals surface area contributed by atoms with Crippen molar-refractivity contribution >= 4 is 22.4 Å². The standard InChI is InChI=1S/C17H19F4N5OS/c1-10(27)25-16-24-7-13(28-16)9-26-8-11(2-3-14(26)17(19,20)21)4-15-22-5-12(18)6-23-15/h5-7,11,14H,2-4,8-9H2,1H3,(H,24,25,27)/t11?,14-/m0/s1. The zero-order valence-electron chi connectivity index (χ0n) is 15.0. The van der Waals surface area contributed by atoms with Crippen molar-refractivity contribution in [2.24, 2.45) is 5.92 Å². The highest BCUT2D eigenvalue weighted by Gasteiger charge is 2.46. The number of aromatic nitrogens is 3. The normalized spacial score (nSPS) is 20.9. The first kappa shape index (κ1) is 20.6. The van der Waals surface area contributed by atoms with E-state index in [0.717, 1.165) is 23.7 Å². The molecule has 2 atom stereocenters. The highest BCUT2D eigenvalue weighted by atomic mass is 32.1. The van der Waals surface area contributed by atoms with Gasteiger partial charge in [0.1, 0.15) is 11.9 Å². The molecule has 1 saturated heterocycles. The number of hydrogen-bond donors (Lipinski definition) is 1. The van der Waals surface area contributed by atoms with Crippen molar-refractivity contribution in [3.8, 4) is 0 Å². The Labute approximate surface area is 163 Å². The van der Waals surface area contributed by atoms with Crippen molar-refractivity contribution < 1.29 is 22.4 Å². The van der Waals surface area contributed by atoms with Crippen molar-refractivity contribution in [1.29, 1.82) is 0 Å². The lowest BCUT2D eigenvalue weighted by Crippen LogP contribution is -2.50. The van der Waals surface area contributed by atoms with Crippen molar-refractivity contribution in [1.82, 2.24) is 19.9 Å². The lowest BCUT2D eigenvalue weighted by Gasteiger charge is -2.40. The number of carbonyl (C=O) groups excluding carboxylic acids is 1. The number of alkyl halides is 3. The molecule has 1 N–H and O–H groups in total. The van der Waals surface area contributed by atoms with E-state index in [1.807, 2.05) is 0 Å². The van der Waals surface area contributed by atoms with E-state index in [1.54, 1.807) is 0 Å². The second-order valence-corrected chi connectivity index (χ2v) is 7.88. The summed E-state index contributed by atoms with van der Waals surface area (Å²) >= 11 is 1.16. The molecule has 11 heteroatoms. The molecule has 2 aromatic rings. The summed E-state index contributed by atoms with van der Waals surface area (Å²) in [5.41, 5.74) is 0. The van der Waals surface area contributed by atoms with Gasteiger partial charge in [-0.3, -0.25) is 9.69 Å². The van der Waals surface area contributed by atoms with Gasteiger partial charge in [-0.25, -0.2) is 19.3 Å². The molecule has 0 spiro atoms. The summed E-state index contributed by atoms with van der Waals surface area (Å²) in [5.74, 6) is -0.480. The van der Waals surface area contributed by atoms with Crippen molar-refractivity contribution in [2.75, 3.05) is 11.9 Å². The van der Waals surface area contributed by atoms with Crippen LogP contribution in [-0.2, 0) is 17.8 Å². The molecule has 1 unspecified atom stereocenters. The van der Waals surface area contributed by atoms with Crippen LogP contribution in [0, 0.1) is 11.7 Å². The fourth-order valence-corrected chi connectivity index (χ4v) is 4.21. The van der Waals surface area contributed by atoms with Gasteiger partial charge in [-0.1, -0.05) is 0 Å². The van der Waals surface area contributed by atoms with Crippen LogP contribution >= 0.6 is 11.3 Å². The fraction of sp³-hybridized carbons (Fsp3) is 0.529. The number of halogens is 4. The predicted molar refractivity (Wildman–Crippen MR) is 95.1 cm³/mol. The van der Waals surface area contributed by atoms with E-state index in [2.05, 4.69) is 20.3 Å². The Balaban J connectivity index is 1.70. The molecule has 28 heavy (non-hydrogen) atoms. The zero-order chi connectivity index (χ0) is 20.3. The second kappa shape index (κ2) is 8.48. The van der Waals surface area contributed by atoms with E-state index in [-0.39, 0.29) is 31.3 Å². The molecule has 1 aliphatic heterocycles. The summed E-state index contributed by atoms with van der Waals surface area (Å²) < 4.78 is 53.4. The molecular formula is C17H19F4N5OS. The minimum absolute atomic E-state index is 0.0211. The third-order valence-corrected chi connectivity index (χ3v) is 5.40. The van der Waals surface area contributed by atoms with Crippen molar-refractivity contribution in [2.45, 2.75) is 44.9 Å². The molecule has 3 rings (SSSR count). The third kappa shape index (κ3) is 5.44. The zero-order valence-corrected chi connectivity index (χ0v) is 15.9. The van der Waals surface area contributed by atoms with Crippen LogP contribution < -0.4 is 5.32 Å². The molecule has 0 bridgehead atoms. The molecule has 152 valence electrons. The number of hydrogen-bond acceptors (Lipinski definition) is 6. The van der Waals surface area contributed by atoms with Gasteiger partial charge in [-0.05, 0) is 18.8 Å². The summed E-state index contributed by atoms with van der Waals surface area (Å²) in [6.45, 7) is 1.65. The number of rotatable bonds is 5. The molecule has 1 aliphatic rings. The largest absolute Gasteiger partial charge is 0.404 e. The minimum Gasteiger partial charge on any atom is -0.302 e. The second-order valence-electron chi connectivity index (χ2n) is 6.76. The fourth-order valence-electron chi connectivity index (χ4n) is 3.33. The number of nitrogens with zero attached hydrogens (tertiary/aromatic N) is 4. The van der Waals surface area contributed by atoms with Crippen molar-refractivity contribution in [3.05, 3.63) is 35.1 Å². The Hall–Kier alpha value is -2.14. The number of anilines is 1. The van der Waals surface area contributed by atoms with Gasteiger partial charge in [0.25, 0.3) is 0 Å². The molecule has 0 aromatic carbocycles. The van der Waals surface area contributed by atoms with Crippen LogP contribution in [0.3, 0.4) is 0 Å². The Kier molecular flexibility index (Phi) is 6.23. The number of carbonyl (C=O) groups is 1. The lowest BCUT2D eigenvalue weighted by molar-refractivity contribution is -0.196. The number of nitrogens with one attached hydrogen (secondary N) is 1. The van der Waals surface area contributed by atoms with Gasteiger partial charge in [0.15, 0.2) is 10.9 Å². The summed E-state index contributed by atoms with van der Waals surface area (Å²) in [4.78, 5) is 25.0. The molecular weight excluding hydrogens is 398 g/mol. The van der Waals surface area contributed by atoms with Gasteiger partial charge in [0.05, 0.1) is 12.4 Å². The molecule has 0 radical (unpaired) electrons. The third-order valence-electron chi connectivity index (χ3n) is 4.50. The molecule has 2 aromatic heterocycles. The van der Waals surface area contributed by atoms with Crippen LogP contribution in [0.2, 0.25) is 0 Å². The first-order valence-corrected chi connectivity index (χ1v) is 9.52. The van der Waals surface area contributed by atoms with Crippen LogP contribution in [-0.4, -0.2) is 44.5 Å². The quantitative estimate of drug-likeness (QED) is 0.755. The molecule has 0 aliphatic carbocycles. The Bertz CT molecular complexity index is 811. The lowest BCUT2D eigenvalue weighted by atomic mass is 9.89. The maximum absolute atomic E-state index is 13.5. The topological polar surface area (TPSA) is 71.0 Å². The van der Waals surface area contributed by atoms with E-state index in [9.17, 15) is 22.4 Å². The van der Waals surface area contributed by atoms with E-state index >= 15 is 0 Å². The Morgan fingerprint density at radius 2 is 1.96 bits per heavy atom. The maximum Gasteiger partial charge on any atom is 0.404 e. The molecule has 3 heterocycles. The smallest absolute Gasteiger partial charge is 0.302 e. The number of amides is 1. The van der Waals surface area contributed by atoms with E-state index in [4.69, 9.17) is 0 Å². The van der Waals surface area contributed by atoms with Crippen LogP contribution in [0.4, 0.5) is 22.7 Å². The van der Waals surface area contributed by atoms with Crippen LogP contribution in [0.5, 0.6) is 0 Å². The van der Waals surface area contributed by atoms with Crippen molar-refractivity contribution in [3.63, 3.8) is 0 Å². The summed E-state index contributed by atoms with van der Waals surface area (Å²) in [7, 11) is 0. The average Bonchev–Trinajstić information content (AvgIpc) is 3.02. The number of thiazole rings is 1. The predicted octanol–water partition coefficient (Wildman–Crippen LogP) is 3.42. The monoisotopic (exact) mass is 417 g/mol. The Morgan fingerprint density at radius 3 is 2.61 bits per heavy atom. The van der Waals surface area contributed by atoms with Gasteiger partial charge >= 0.3 is 6.18 Å².